The fourth-order valence-corrected chi connectivity index (χ4v) is 4.80. The molecular formula is C18H23F2N3O3S2. The topological polar surface area (TPSA) is 78.5 Å². The minimum atomic E-state index is -3.35. The molecule has 0 aromatic heterocycles. The highest BCUT2D eigenvalue weighted by Crippen LogP contribution is 2.38. The first-order chi connectivity index (χ1) is 13.1. The molecule has 6 nitrogen and oxygen atoms in total. The highest BCUT2D eigenvalue weighted by atomic mass is 32.2. The molecule has 3 unspecified atom stereocenters. The number of halogens is 2. The van der Waals surface area contributed by atoms with Gasteiger partial charge in [-0.3, -0.25) is 4.79 Å². The van der Waals surface area contributed by atoms with Crippen LogP contribution in [-0.2, 0) is 14.6 Å². The third-order valence-electron chi connectivity index (χ3n) is 4.96. The maximum Gasteiger partial charge on any atom is 0.232 e. The third-order valence-corrected chi connectivity index (χ3v) is 6.90. The zero-order chi connectivity index (χ0) is 20.5. The minimum absolute atomic E-state index is 0.0914. The number of benzene rings is 1. The Hall–Kier alpha value is -1.65. The van der Waals surface area contributed by atoms with Crippen LogP contribution in [0.1, 0.15) is 30.7 Å². The molecule has 1 heterocycles. The van der Waals surface area contributed by atoms with Crippen molar-refractivity contribution in [3.63, 3.8) is 0 Å². The number of rotatable bonds is 6. The van der Waals surface area contributed by atoms with E-state index in [0.29, 0.717) is 17.0 Å². The Bertz CT molecular complexity index is 851. The number of hydrogen-bond donors (Lipinski definition) is 2. The second kappa shape index (κ2) is 8.38. The van der Waals surface area contributed by atoms with Gasteiger partial charge in [-0.05, 0) is 54.8 Å². The van der Waals surface area contributed by atoms with Crippen LogP contribution >= 0.6 is 11.9 Å². The first-order valence-corrected chi connectivity index (χ1v) is 11.6. The van der Waals surface area contributed by atoms with Crippen LogP contribution in [0.2, 0.25) is 0 Å². The maximum atomic E-state index is 13.6. The van der Waals surface area contributed by atoms with E-state index in [1.807, 2.05) is 0 Å². The van der Waals surface area contributed by atoms with Crippen molar-refractivity contribution in [1.29, 1.82) is 0 Å². The van der Waals surface area contributed by atoms with Crippen LogP contribution in [0.3, 0.4) is 0 Å². The van der Waals surface area contributed by atoms with Gasteiger partial charge in [0.1, 0.15) is 17.4 Å². The van der Waals surface area contributed by atoms with Gasteiger partial charge in [0.25, 0.3) is 0 Å². The predicted molar refractivity (Wildman–Crippen MR) is 104 cm³/mol. The molecule has 0 bridgehead atoms. The molecule has 2 aliphatic rings. The first kappa shape index (κ1) is 21.1. The normalized spacial score (nSPS) is 26.2. The Morgan fingerprint density at radius 2 is 1.89 bits per heavy atom. The molecule has 1 aromatic rings. The number of hydrogen-bond acceptors (Lipinski definition) is 6. The largest absolute Gasteiger partial charge is 0.318 e. The van der Waals surface area contributed by atoms with Crippen molar-refractivity contribution in [3.8, 4) is 0 Å². The van der Waals surface area contributed by atoms with Crippen LogP contribution in [0.25, 0.3) is 0 Å². The highest BCUT2D eigenvalue weighted by Gasteiger charge is 2.37. The van der Waals surface area contributed by atoms with Crippen molar-refractivity contribution in [2.45, 2.75) is 42.4 Å². The summed E-state index contributed by atoms with van der Waals surface area (Å²) in [6, 6.07) is 6.09. The smallest absolute Gasteiger partial charge is 0.232 e. The third kappa shape index (κ3) is 5.03. The van der Waals surface area contributed by atoms with Crippen molar-refractivity contribution in [2.24, 2.45) is 5.92 Å². The van der Waals surface area contributed by atoms with Crippen molar-refractivity contribution in [1.82, 2.24) is 15.2 Å². The monoisotopic (exact) mass is 431 g/mol. The number of carbonyl (C=O) groups is 1. The molecule has 1 aliphatic carbocycles. The fourth-order valence-electron chi connectivity index (χ4n) is 3.51. The van der Waals surface area contributed by atoms with E-state index in [1.165, 1.54) is 24.1 Å². The van der Waals surface area contributed by atoms with Gasteiger partial charge in [-0.1, -0.05) is 12.1 Å². The minimum Gasteiger partial charge on any atom is -0.318 e. The lowest BCUT2D eigenvalue weighted by Crippen LogP contribution is -2.29. The molecule has 1 aliphatic heterocycles. The summed E-state index contributed by atoms with van der Waals surface area (Å²) in [4.78, 5) is 16.0. The Balaban J connectivity index is 1.81. The summed E-state index contributed by atoms with van der Waals surface area (Å²) >= 11 is 1.25. The summed E-state index contributed by atoms with van der Waals surface area (Å²) in [5.41, 5.74) is 0.618. The molecule has 0 radical (unpaired) electrons. The number of carbonyl (C=O) groups excluding carboxylic acids is 1. The number of alkyl halides is 2. The first-order valence-electron chi connectivity index (χ1n) is 8.89. The van der Waals surface area contributed by atoms with Crippen molar-refractivity contribution in [2.75, 3.05) is 13.3 Å². The fraction of sp³-hybridized carbons (Fsp3) is 0.500. The molecule has 2 N–H and O–H groups in total. The van der Waals surface area contributed by atoms with Crippen LogP contribution < -0.4 is 10.1 Å². The van der Waals surface area contributed by atoms with Crippen molar-refractivity contribution >= 4 is 27.7 Å². The SMILES string of the molecule is CN1C=C(NC(=O)C(CC2CC(F)C(F)C2)c2ccc(S(C)(=O)=O)cc2)SN1. The summed E-state index contributed by atoms with van der Waals surface area (Å²) in [7, 11) is -1.57. The van der Waals surface area contributed by atoms with Gasteiger partial charge in [0.05, 0.1) is 10.8 Å². The molecule has 10 heteroatoms. The van der Waals surface area contributed by atoms with Crippen molar-refractivity contribution in [3.05, 3.63) is 41.1 Å². The molecule has 154 valence electrons. The van der Waals surface area contributed by atoms with Gasteiger partial charge < -0.3 is 10.3 Å². The predicted octanol–water partition coefficient (Wildman–Crippen LogP) is 2.66. The quantitative estimate of drug-likeness (QED) is 0.675. The molecule has 1 fully saturated rings. The van der Waals surface area contributed by atoms with Crippen LogP contribution in [-0.4, -0.2) is 45.0 Å². The molecular weight excluding hydrogens is 408 g/mol. The van der Waals surface area contributed by atoms with E-state index in [2.05, 4.69) is 10.1 Å². The van der Waals surface area contributed by atoms with Crippen LogP contribution in [0.15, 0.2) is 40.4 Å². The van der Waals surface area contributed by atoms with Gasteiger partial charge in [-0.15, -0.1) is 0 Å². The van der Waals surface area contributed by atoms with Crippen molar-refractivity contribution < 1.29 is 22.0 Å². The number of amides is 1. The number of hydrazine groups is 1. The second-order valence-corrected chi connectivity index (χ2v) is 10.1. The standard InChI is InChI=1S/C18H23F2N3O3S2/c1-23-10-17(27-22-23)21-18(24)14(7-11-8-15(19)16(20)9-11)12-3-5-13(6-4-12)28(2,25)26/h3-6,10-11,14-16,22H,7-9H2,1-2H3,(H,21,24). The number of nitrogens with zero attached hydrogens (tertiary/aromatic N) is 1. The highest BCUT2D eigenvalue weighted by molar-refractivity contribution is 8.01. The van der Waals surface area contributed by atoms with E-state index in [4.69, 9.17) is 0 Å². The lowest BCUT2D eigenvalue weighted by atomic mass is 9.87. The number of nitrogens with one attached hydrogen (secondary N) is 2. The lowest BCUT2D eigenvalue weighted by Gasteiger charge is -2.21. The van der Waals surface area contributed by atoms with E-state index in [0.717, 1.165) is 6.26 Å². The zero-order valence-electron chi connectivity index (χ0n) is 15.6. The molecule has 1 amide bonds. The van der Waals surface area contributed by atoms with Gasteiger partial charge in [-0.2, -0.15) is 4.83 Å². The van der Waals surface area contributed by atoms with E-state index in [9.17, 15) is 22.0 Å². The van der Waals surface area contributed by atoms with E-state index in [-0.39, 0.29) is 29.6 Å². The van der Waals surface area contributed by atoms with Gasteiger partial charge in [0.2, 0.25) is 5.91 Å². The van der Waals surface area contributed by atoms with Crippen LogP contribution in [0.4, 0.5) is 8.78 Å². The van der Waals surface area contributed by atoms with Gasteiger partial charge in [-0.25, -0.2) is 17.2 Å². The van der Waals surface area contributed by atoms with Crippen LogP contribution in [0.5, 0.6) is 0 Å². The molecule has 3 rings (SSSR count). The zero-order valence-corrected chi connectivity index (χ0v) is 17.2. The average Bonchev–Trinajstić information content (AvgIpc) is 3.17. The van der Waals surface area contributed by atoms with E-state index in [1.54, 1.807) is 30.4 Å². The van der Waals surface area contributed by atoms with E-state index >= 15 is 0 Å². The van der Waals surface area contributed by atoms with Crippen LogP contribution in [0, 0.1) is 5.92 Å². The average molecular weight is 432 g/mol. The summed E-state index contributed by atoms with van der Waals surface area (Å²) in [6.07, 6.45) is 0.325. The molecule has 0 spiro atoms. The Morgan fingerprint density at radius 3 is 2.39 bits per heavy atom. The Kier molecular flexibility index (Phi) is 6.31. The Labute approximate surface area is 167 Å². The summed E-state index contributed by atoms with van der Waals surface area (Å²) in [6.45, 7) is 0. The summed E-state index contributed by atoms with van der Waals surface area (Å²) < 4.78 is 50.6. The van der Waals surface area contributed by atoms with E-state index < -0.39 is 28.1 Å². The summed E-state index contributed by atoms with van der Waals surface area (Å²) in [5.74, 6) is -1.18. The Morgan fingerprint density at radius 1 is 1.29 bits per heavy atom. The molecule has 28 heavy (non-hydrogen) atoms. The maximum absolute atomic E-state index is 13.6. The van der Waals surface area contributed by atoms with Gasteiger partial charge in [0, 0.05) is 19.5 Å². The lowest BCUT2D eigenvalue weighted by molar-refractivity contribution is -0.122. The molecule has 0 saturated heterocycles. The molecule has 1 saturated carbocycles. The van der Waals surface area contributed by atoms with Gasteiger partial charge in [0.15, 0.2) is 9.84 Å². The molecule has 3 atom stereocenters. The van der Waals surface area contributed by atoms with Gasteiger partial charge >= 0.3 is 0 Å². The molecule has 1 aromatic carbocycles. The number of sulfone groups is 1. The summed E-state index contributed by atoms with van der Waals surface area (Å²) in [5, 5.41) is 5.13. The second-order valence-electron chi connectivity index (χ2n) is 7.29.